The van der Waals surface area contributed by atoms with Crippen LogP contribution in [0.4, 0.5) is 5.13 Å². The van der Waals surface area contributed by atoms with Crippen molar-refractivity contribution >= 4 is 34.2 Å². The van der Waals surface area contributed by atoms with E-state index in [1.54, 1.807) is 17.1 Å². The maximum atomic E-state index is 10.6. The van der Waals surface area contributed by atoms with Crippen molar-refractivity contribution in [2.75, 3.05) is 17.3 Å². The molecule has 1 atom stereocenters. The standard InChI is InChI=1S/C9H14N2O2S2/c1-3-6(4-14-2)10-9-11-7(5-15-9)8(12)13/h5-6H,3-4H2,1-2H3,(H,10,11)(H,12,13). The van der Waals surface area contributed by atoms with Gasteiger partial charge in [-0.1, -0.05) is 6.92 Å². The van der Waals surface area contributed by atoms with Crippen LogP contribution in [0.3, 0.4) is 0 Å². The molecule has 4 nitrogen and oxygen atoms in total. The first-order valence-corrected chi connectivity index (χ1v) is 6.89. The summed E-state index contributed by atoms with van der Waals surface area (Å²) in [4.78, 5) is 14.6. The Bertz CT molecular complexity index is 328. The summed E-state index contributed by atoms with van der Waals surface area (Å²) in [6.07, 6.45) is 3.05. The van der Waals surface area contributed by atoms with Gasteiger partial charge in [0.2, 0.25) is 0 Å². The Hall–Kier alpha value is -0.750. The van der Waals surface area contributed by atoms with Crippen LogP contribution in [-0.4, -0.2) is 34.1 Å². The van der Waals surface area contributed by atoms with E-state index in [2.05, 4.69) is 23.5 Å². The lowest BCUT2D eigenvalue weighted by Gasteiger charge is -2.14. The van der Waals surface area contributed by atoms with Crippen molar-refractivity contribution in [1.82, 2.24) is 4.98 Å². The molecule has 1 aromatic rings. The maximum absolute atomic E-state index is 10.6. The van der Waals surface area contributed by atoms with E-state index < -0.39 is 5.97 Å². The third-order valence-corrected chi connectivity index (χ3v) is 3.42. The van der Waals surface area contributed by atoms with Crippen molar-refractivity contribution in [1.29, 1.82) is 0 Å². The van der Waals surface area contributed by atoms with E-state index in [1.807, 2.05) is 0 Å². The lowest BCUT2D eigenvalue weighted by Crippen LogP contribution is -2.21. The third-order valence-electron chi connectivity index (χ3n) is 1.91. The zero-order valence-corrected chi connectivity index (χ0v) is 10.3. The smallest absolute Gasteiger partial charge is 0.355 e. The fourth-order valence-corrected chi connectivity index (χ4v) is 2.56. The quantitative estimate of drug-likeness (QED) is 0.807. The average molecular weight is 246 g/mol. The molecule has 0 aliphatic heterocycles. The van der Waals surface area contributed by atoms with Crippen LogP contribution in [0, 0.1) is 0 Å². The van der Waals surface area contributed by atoms with Gasteiger partial charge in [0.25, 0.3) is 0 Å². The normalized spacial score (nSPS) is 12.4. The van der Waals surface area contributed by atoms with E-state index in [-0.39, 0.29) is 5.69 Å². The van der Waals surface area contributed by atoms with E-state index in [1.165, 1.54) is 11.3 Å². The minimum absolute atomic E-state index is 0.113. The number of carbonyl (C=O) groups is 1. The summed E-state index contributed by atoms with van der Waals surface area (Å²) in [5.41, 5.74) is 0.113. The zero-order chi connectivity index (χ0) is 11.3. The summed E-state index contributed by atoms with van der Waals surface area (Å²) >= 11 is 3.10. The number of nitrogens with one attached hydrogen (secondary N) is 1. The first-order chi connectivity index (χ1) is 7.17. The van der Waals surface area contributed by atoms with Gasteiger partial charge in [-0.2, -0.15) is 11.8 Å². The van der Waals surface area contributed by atoms with Crippen molar-refractivity contribution in [2.24, 2.45) is 0 Å². The number of hydrogen-bond donors (Lipinski definition) is 2. The van der Waals surface area contributed by atoms with Gasteiger partial charge in [-0.15, -0.1) is 11.3 Å². The lowest BCUT2D eigenvalue weighted by molar-refractivity contribution is 0.0691. The summed E-state index contributed by atoms with van der Waals surface area (Å²) < 4.78 is 0. The number of carboxylic acids is 1. The van der Waals surface area contributed by atoms with Gasteiger partial charge in [0, 0.05) is 17.2 Å². The largest absolute Gasteiger partial charge is 0.476 e. The van der Waals surface area contributed by atoms with E-state index in [4.69, 9.17) is 5.11 Å². The second kappa shape index (κ2) is 5.97. The molecule has 1 aromatic heterocycles. The monoisotopic (exact) mass is 246 g/mol. The second-order valence-electron chi connectivity index (χ2n) is 3.05. The Morgan fingerprint density at radius 1 is 1.80 bits per heavy atom. The third kappa shape index (κ3) is 3.71. The first-order valence-electron chi connectivity index (χ1n) is 4.61. The zero-order valence-electron chi connectivity index (χ0n) is 8.69. The molecule has 0 fully saturated rings. The molecule has 1 heterocycles. The highest BCUT2D eigenvalue weighted by molar-refractivity contribution is 7.98. The summed E-state index contributed by atoms with van der Waals surface area (Å²) in [6, 6.07) is 0.354. The molecule has 1 unspecified atom stereocenters. The minimum atomic E-state index is -0.975. The van der Waals surface area contributed by atoms with Crippen molar-refractivity contribution in [2.45, 2.75) is 19.4 Å². The predicted molar refractivity (Wildman–Crippen MR) is 65.2 cm³/mol. The molecule has 0 aliphatic rings. The molecule has 6 heteroatoms. The van der Waals surface area contributed by atoms with Crippen LogP contribution in [0.5, 0.6) is 0 Å². The molecular weight excluding hydrogens is 232 g/mol. The van der Waals surface area contributed by atoms with Crippen LogP contribution in [0.15, 0.2) is 5.38 Å². The van der Waals surface area contributed by atoms with Gasteiger partial charge in [-0.3, -0.25) is 0 Å². The van der Waals surface area contributed by atoms with E-state index in [0.717, 1.165) is 12.2 Å². The predicted octanol–water partition coefficient (Wildman–Crippen LogP) is 2.39. The fourth-order valence-electron chi connectivity index (χ4n) is 1.08. The minimum Gasteiger partial charge on any atom is -0.476 e. The molecule has 0 aromatic carbocycles. The number of carboxylic acid groups (broad SMARTS) is 1. The van der Waals surface area contributed by atoms with Crippen molar-refractivity contribution in [3.05, 3.63) is 11.1 Å². The van der Waals surface area contributed by atoms with Crippen molar-refractivity contribution in [3.8, 4) is 0 Å². The Labute approximate surface area is 97.1 Å². The summed E-state index contributed by atoms with van der Waals surface area (Å²) in [7, 11) is 0. The molecule has 0 amide bonds. The van der Waals surface area contributed by atoms with Gasteiger partial charge in [0.15, 0.2) is 10.8 Å². The number of thioether (sulfide) groups is 1. The molecule has 0 saturated heterocycles. The van der Waals surface area contributed by atoms with E-state index in [0.29, 0.717) is 11.2 Å². The van der Waals surface area contributed by atoms with Crippen LogP contribution in [0.2, 0.25) is 0 Å². The van der Waals surface area contributed by atoms with Gasteiger partial charge < -0.3 is 10.4 Å². The number of rotatable bonds is 6. The van der Waals surface area contributed by atoms with Gasteiger partial charge in [-0.25, -0.2) is 9.78 Å². The van der Waals surface area contributed by atoms with Crippen LogP contribution in [-0.2, 0) is 0 Å². The van der Waals surface area contributed by atoms with Crippen LogP contribution < -0.4 is 5.32 Å². The van der Waals surface area contributed by atoms with Crippen LogP contribution in [0.1, 0.15) is 23.8 Å². The van der Waals surface area contributed by atoms with Crippen LogP contribution in [0.25, 0.3) is 0 Å². The lowest BCUT2D eigenvalue weighted by atomic mass is 10.3. The molecule has 15 heavy (non-hydrogen) atoms. The highest BCUT2D eigenvalue weighted by Gasteiger charge is 2.11. The topological polar surface area (TPSA) is 62.2 Å². The molecule has 0 bridgehead atoms. The van der Waals surface area contributed by atoms with Crippen LogP contribution >= 0.6 is 23.1 Å². The van der Waals surface area contributed by atoms with Gasteiger partial charge in [0.05, 0.1) is 0 Å². The Kier molecular flexibility index (Phi) is 4.90. The molecule has 0 spiro atoms. The summed E-state index contributed by atoms with van der Waals surface area (Å²) in [6.45, 7) is 2.10. The Morgan fingerprint density at radius 2 is 2.53 bits per heavy atom. The molecule has 1 rings (SSSR count). The second-order valence-corrected chi connectivity index (χ2v) is 4.82. The summed E-state index contributed by atoms with van der Waals surface area (Å²) in [5.74, 6) is 0.0237. The highest BCUT2D eigenvalue weighted by atomic mass is 32.2. The van der Waals surface area contributed by atoms with Gasteiger partial charge in [0.1, 0.15) is 0 Å². The number of thiazole rings is 1. The maximum Gasteiger partial charge on any atom is 0.355 e. The molecule has 84 valence electrons. The number of aromatic carboxylic acids is 1. The van der Waals surface area contributed by atoms with E-state index in [9.17, 15) is 4.79 Å². The molecule has 0 radical (unpaired) electrons. The molecule has 0 aliphatic carbocycles. The van der Waals surface area contributed by atoms with Gasteiger partial charge in [-0.05, 0) is 12.7 Å². The molecule has 2 N–H and O–H groups in total. The highest BCUT2D eigenvalue weighted by Crippen LogP contribution is 2.18. The number of anilines is 1. The molecular formula is C9H14N2O2S2. The molecule has 0 saturated carbocycles. The SMILES string of the molecule is CCC(CSC)Nc1nc(C(=O)O)cs1. The number of hydrogen-bond acceptors (Lipinski definition) is 5. The Balaban J connectivity index is 2.59. The van der Waals surface area contributed by atoms with Crippen molar-refractivity contribution < 1.29 is 9.90 Å². The number of aromatic nitrogens is 1. The van der Waals surface area contributed by atoms with Crippen molar-refractivity contribution in [3.63, 3.8) is 0 Å². The average Bonchev–Trinajstić information content (AvgIpc) is 2.65. The fraction of sp³-hybridized carbons (Fsp3) is 0.556. The first kappa shape index (κ1) is 12.3. The Morgan fingerprint density at radius 3 is 3.00 bits per heavy atom. The summed E-state index contributed by atoms with van der Waals surface area (Å²) in [5, 5.41) is 14.2. The van der Waals surface area contributed by atoms with Gasteiger partial charge >= 0.3 is 5.97 Å². The van der Waals surface area contributed by atoms with E-state index >= 15 is 0 Å². The number of nitrogens with zero attached hydrogens (tertiary/aromatic N) is 1.